The Kier molecular flexibility index (Phi) is 3.45. The molecule has 2 rings (SSSR count). The lowest BCUT2D eigenvalue weighted by molar-refractivity contribution is 0.596. The molecule has 1 atom stereocenters. The number of nitrogens with zero attached hydrogens (tertiary/aromatic N) is 3. The van der Waals surface area contributed by atoms with Gasteiger partial charge in [-0.15, -0.1) is 0 Å². The summed E-state index contributed by atoms with van der Waals surface area (Å²) in [5, 5.41) is 4.77. The van der Waals surface area contributed by atoms with E-state index >= 15 is 0 Å². The molecule has 0 aliphatic rings. The molecule has 4 nitrogen and oxygen atoms in total. The van der Waals surface area contributed by atoms with E-state index in [-0.39, 0.29) is 6.04 Å². The molecule has 0 spiro atoms. The zero-order chi connectivity index (χ0) is 12.4. The molecule has 2 aromatic heterocycles. The first-order valence-corrected chi connectivity index (χ1v) is 5.90. The fourth-order valence-electron chi connectivity index (χ4n) is 1.80. The van der Waals surface area contributed by atoms with E-state index in [4.69, 9.17) is 17.3 Å². The van der Waals surface area contributed by atoms with Crippen molar-refractivity contribution in [2.45, 2.75) is 26.4 Å². The van der Waals surface area contributed by atoms with E-state index in [0.29, 0.717) is 5.02 Å². The van der Waals surface area contributed by atoms with Crippen molar-refractivity contribution in [1.29, 1.82) is 0 Å². The van der Waals surface area contributed by atoms with E-state index in [0.717, 1.165) is 23.5 Å². The van der Waals surface area contributed by atoms with Gasteiger partial charge in [-0.05, 0) is 31.5 Å². The van der Waals surface area contributed by atoms with E-state index in [1.54, 1.807) is 17.1 Å². The summed E-state index contributed by atoms with van der Waals surface area (Å²) in [5.74, 6) is 0. The van der Waals surface area contributed by atoms with Crippen molar-refractivity contribution in [3.63, 3.8) is 0 Å². The predicted molar refractivity (Wildman–Crippen MR) is 67.9 cm³/mol. The van der Waals surface area contributed by atoms with Crippen LogP contribution in [0.2, 0.25) is 5.02 Å². The maximum atomic E-state index is 6.20. The molecule has 2 heterocycles. The van der Waals surface area contributed by atoms with Crippen LogP contribution in [-0.4, -0.2) is 14.8 Å². The Morgan fingerprint density at radius 2 is 2.29 bits per heavy atom. The minimum absolute atomic E-state index is 0.343. The van der Waals surface area contributed by atoms with Crippen LogP contribution in [0.5, 0.6) is 0 Å². The van der Waals surface area contributed by atoms with Gasteiger partial charge < -0.3 is 5.73 Å². The summed E-state index contributed by atoms with van der Waals surface area (Å²) in [6.07, 6.45) is 3.38. The number of rotatable bonds is 3. The molecule has 0 amide bonds. The van der Waals surface area contributed by atoms with E-state index in [1.165, 1.54) is 0 Å². The first-order chi connectivity index (χ1) is 8.13. The second-order valence-corrected chi connectivity index (χ2v) is 4.34. The quantitative estimate of drug-likeness (QED) is 0.910. The van der Waals surface area contributed by atoms with Crippen LogP contribution in [0.25, 0.3) is 0 Å². The van der Waals surface area contributed by atoms with E-state index < -0.39 is 0 Å². The molecule has 0 bridgehead atoms. The molecule has 0 aromatic carbocycles. The lowest BCUT2D eigenvalue weighted by Crippen LogP contribution is -2.18. The van der Waals surface area contributed by atoms with Crippen molar-refractivity contribution in [3.05, 3.63) is 46.5 Å². The van der Waals surface area contributed by atoms with Crippen molar-refractivity contribution in [1.82, 2.24) is 14.8 Å². The SMILES string of the molecule is CCn1ncc(Cl)c1C(N)c1cc(C)ccn1. The van der Waals surface area contributed by atoms with E-state index in [1.807, 2.05) is 26.0 Å². The molecular weight excluding hydrogens is 236 g/mol. The Balaban J connectivity index is 2.43. The zero-order valence-electron chi connectivity index (χ0n) is 9.89. The van der Waals surface area contributed by atoms with Gasteiger partial charge in [0.25, 0.3) is 0 Å². The van der Waals surface area contributed by atoms with Gasteiger partial charge >= 0.3 is 0 Å². The summed E-state index contributed by atoms with van der Waals surface area (Å²) in [4.78, 5) is 4.29. The van der Waals surface area contributed by atoms with Crippen LogP contribution < -0.4 is 5.73 Å². The van der Waals surface area contributed by atoms with Crippen LogP contribution in [0.1, 0.15) is 29.9 Å². The lowest BCUT2D eigenvalue weighted by atomic mass is 10.1. The van der Waals surface area contributed by atoms with E-state index in [9.17, 15) is 0 Å². The van der Waals surface area contributed by atoms with Crippen molar-refractivity contribution < 1.29 is 0 Å². The molecule has 0 fully saturated rings. The zero-order valence-corrected chi connectivity index (χ0v) is 10.6. The lowest BCUT2D eigenvalue weighted by Gasteiger charge is -2.14. The molecule has 0 radical (unpaired) electrons. The smallest absolute Gasteiger partial charge is 0.0912 e. The monoisotopic (exact) mass is 250 g/mol. The second-order valence-electron chi connectivity index (χ2n) is 3.93. The van der Waals surface area contributed by atoms with Crippen molar-refractivity contribution in [2.75, 3.05) is 0 Å². The highest BCUT2D eigenvalue weighted by molar-refractivity contribution is 6.31. The van der Waals surface area contributed by atoms with Crippen molar-refractivity contribution in [2.24, 2.45) is 5.73 Å². The third-order valence-electron chi connectivity index (χ3n) is 2.68. The Morgan fingerprint density at radius 3 is 2.94 bits per heavy atom. The average Bonchev–Trinajstić information content (AvgIpc) is 2.69. The Morgan fingerprint density at radius 1 is 1.53 bits per heavy atom. The minimum atomic E-state index is -0.343. The van der Waals surface area contributed by atoms with Gasteiger partial charge in [0.2, 0.25) is 0 Å². The van der Waals surface area contributed by atoms with Gasteiger partial charge in [-0.2, -0.15) is 5.10 Å². The van der Waals surface area contributed by atoms with Gasteiger partial charge in [0, 0.05) is 12.7 Å². The number of aromatic nitrogens is 3. The number of halogens is 1. The molecule has 17 heavy (non-hydrogen) atoms. The molecule has 2 aromatic rings. The fraction of sp³-hybridized carbons (Fsp3) is 0.333. The molecule has 0 saturated carbocycles. The van der Waals surface area contributed by atoms with Gasteiger partial charge in [-0.1, -0.05) is 11.6 Å². The molecule has 0 aliphatic carbocycles. The van der Waals surface area contributed by atoms with Crippen LogP contribution in [0, 0.1) is 6.92 Å². The molecule has 0 aliphatic heterocycles. The number of aryl methyl sites for hydroxylation is 2. The number of hydrogen-bond donors (Lipinski definition) is 1. The summed E-state index contributed by atoms with van der Waals surface area (Å²) >= 11 is 6.12. The van der Waals surface area contributed by atoms with Crippen LogP contribution >= 0.6 is 11.6 Å². The molecular formula is C12H15ClN4. The highest BCUT2D eigenvalue weighted by Crippen LogP contribution is 2.25. The van der Waals surface area contributed by atoms with Gasteiger partial charge in [0.15, 0.2) is 0 Å². The third-order valence-corrected chi connectivity index (χ3v) is 2.97. The number of hydrogen-bond acceptors (Lipinski definition) is 3. The number of nitrogens with two attached hydrogens (primary N) is 1. The first kappa shape index (κ1) is 12.1. The van der Waals surface area contributed by atoms with Crippen molar-refractivity contribution in [3.8, 4) is 0 Å². The Labute approximate surface area is 105 Å². The topological polar surface area (TPSA) is 56.7 Å². The van der Waals surface area contributed by atoms with Crippen molar-refractivity contribution >= 4 is 11.6 Å². The summed E-state index contributed by atoms with van der Waals surface area (Å²) in [6.45, 7) is 4.75. The van der Waals surface area contributed by atoms with Crippen LogP contribution in [0.3, 0.4) is 0 Å². The maximum absolute atomic E-state index is 6.20. The molecule has 2 N–H and O–H groups in total. The Bertz CT molecular complexity index is 521. The summed E-state index contributed by atoms with van der Waals surface area (Å²) in [5.41, 5.74) is 8.95. The highest BCUT2D eigenvalue weighted by atomic mass is 35.5. The van der Waals surface area contributed by atoms with Gasteiger partial charge in [-0.25, -0.2) is 0 Å². The number of pyridine rings is 1. The molecule has 90 valence electrons. The summed E-state index contributed by atoms with van der Waals surface area (Å²) in [7, 11) is 0. The van der Waals surface area contributed by atoms with Gasteiger partial charge in [-0.3, -0.25) is 9.67 Å². The van der Waals surface area contributed by atoms with Crippen LogP contribution in [-0.2, 0) is 6.54 Å². The molecule has 5 heteroatoms. The van der Waals surface area contributed by atoms with E-state index in [2.05, 4.69) is 10.1 Å². The third kappa shape index (κ3) is 2.33. The van der Waals surface area contributed by atoms with Gasteiger partial charge in [0.1, 0.15) is 0 Å². The first-order valence-electron chi connectivity index (χ1n) is 5.52. The fourth-order valence-corrected chi connectivity index (χ4v) is 2.06. The maximum Gasteiger partial charge on any atom is 0.0912 e. The highest BCUT2D eigenvalue weighted by Gasteiger charge is 2.18. The van der Waals surface area contributed by atoms with Crippen LogP contribution in [0.15, 0.2) is 24.5 Å². The summed E-state index contributed by atoms with van der Waals surface area (Å²) < 4.78 is 1.80. The molecule has 1 unspecified atom stereocenters. The minimum Gasteiger partial charge on any atom is -0.318 e. The normalized spacial score (nSPS) is 12.7. The molecule has 0 saturated heterocycles. The average molecular weight is 251 g/mol. The summed E-state index contributed by atoms with van der Waals surface area (Å²) in [6, 6.07) is 3.56. The standard InChI is InChI=1S/C12H15ClN4/c1-3-17-12(9(13)7-16-17)11(14)10-6-8(2)4-5-15-10/h4-7,11H,3,14H2,1-2H3. The van der Waals surface area contributed by atoms with Crippen LogP contribution in [0.4, 0.5) is 0 Å². The largest absolute Gasteiger partial charge is 0.318 e. The predicted octanol–water partition coefficient (Wildman–Crippen LogP) is 2.31. The van der Waals surface area contributed by atoms with Gasteiger partial charge in [0.05, 0.1) is 28.6 Å². The second kappa shape index (κ2) is 4.85. The Hall–Kier alpha value is -1.39.